The molecule has 0 radical (unpaired) electrons. The van der Waals surface area contributed by atoms with Gasteiger partial charge in [0.25, 0.3) is 0 Å². The second-order valence-electron chi connectivity index (χ2n) is 5.04. The SMILES string of the molecule is CCCN1CCOC(C(O)c2cncc(OCC)c2)C1. The largest absolute Gasteiger partial charge is 0.492 e. The predicted molar refractivity (Wildman–Crippen MR) is 76.8 cm³/mol. The first-order chi connectivity index (χ1) is 9.74. The van der Waals surface area contributed by atoms with Crippen molar-refractivity contribution in [3.05, 3.63) is 24.0 Å². The van der Waals surface area contributed by atoms with Gasteiger partial charge in [-0.2, -0.15) is 0 Å². The maximum absolute atomic E-state index is 10.5. The molecule has 0 aromatic carbocycles. The number of aliphatic hydroxyl groups is 1. The Kier molecular flexibility index (Phi) is 5.76. The highest BCUT2D eigenvalue weighted by Gasteiger charge is 2.28. The summed E-state index contributed by atoms with van der Waals surface area (Å²) in [5, 5.41) is 10.5. The predicted octanol–water partition coefficient (Wildman–Crippen LogP) is 1.62. The van der Waals surface area contributed by atoms with Crippen LogP contribution in [0, 0.1) is 0 Å². The number of hydrogen-bond acceptors (Lipinski definition) is 5. The first kappa shape index (κ1) is 15.2. The third kappa shape index (κ3) is 3.91. The van der Waals surface area contributed by atoms with E-state index in [0.29, 0.717) is 19.0 Å². The van der Waals surface area contributed by atoms with Crippen LogP contribution in [0.5, 0.6) is 5.75 Å². The molecule has 1 N–H and O–H groups in total. The first-order valence-corrected chi connectivity index (χ1v) is 7.34. The molecule has 0 aliphatic carbocycles. The second-order valence-corrected chi connectivity index (χ2v) is 5.04. The summed E-state index contributed by atoms with van der Waals surface area (Å²) in [7, 11) is 0. The summed E-state index contributed by atoms with van der Waals surface area (Å²) in [5.41, 5.74) is 0.749. The van der Waals surface area contributed by atoms with Crippen molar-refractivity contribution in [2.75, 3.05) is 32.8 Å². The van der Waals surface area contributed by atoms with Crippen LogP contribution < -0.4 is 4.74 Å². The van der Waals surface area contributed by atoms with Gasteiger partial charge in [0, 0.05) is 24.8 Å². The minimum absolute atomic E-state index is 0.200. The molecule has 1 aromatic rings. The number of morpholine rings is 1. The molecule has 1 saturated heterocycles. The van der Waals surface area contributed by atoms with Crippen LogP contribution in [0.1, 0.15) is 31.9 Å². The van der Waals surface area contributed by atoms with Crippen LogP contribution in [0.3, 0.4) is 0 Å². The zero-order valence-corrected chi connectivity index (χ0v) is 12.3. The zero-order chi connectivity index (χ0) is 14.4. The normalized spacial score (nSPS) is 21.6. The highest BCUT2D eigenvalue weighted by molar-refractivity contribution is 5.25. The summed E-state index contributed by atoms with van der Waals surface area (Å²) < 4.78 is 11.1. The summed E-state index contributed by atoms with van der Waals surface area (Å²) in [6.45, 7) is 8.09. The molecule has 0 spiro atoms. The van der Waals surface area contributed by atoms with E-state index in [1.165, 1.54) is 0 Å². The summed E-state index contributed by atoms with van der Waals surface area (Å²) >= 11 is 0. The Morgan fingerprint density at radius 1 is 1.50 bits per heavy atom. The number of aliphatic hydroxyl groups excluding tert-OH is 1. The molecule has 2 unspecified atom stereocenters. The molecule has 2 atom stereocenters. The molecule has 2 rings (SSSR count). The van der Waals surface area contributed by atoms with Crippen molar-refractivity contribution in [1.29, 1.82) is 0 Å². The lowest BCUT2D eigenvalue weighted by Crippen LogP contribution is -2.45. The van der Waals surface area contributed by atoms with Crippen molar-refractivity contribution in [1.82, 2.24) is 9.88 Å². The van der Waals surface area contributed by atoms with Gasteiger partial charge in [0.1, 0.15) is 18.0 Å². The number of ether oxygens (including phenoxy) is 2. The average Bonchev–Trinajstić information content (AvgIpc) is 2.48. The minimum atomic E-state index is -0.664. The van der Waals surface area contributed by atoms with Gasteiger partial charge in [0.15, 0.2) is 0 Å². The molecule has 0 saturated carbocycles. The van der Waals surface area contributed by atoms with Crippen molar-refractivity contribution >= 4 is 0 Å². The van der Waals surface area contributed by atoms with Crippen LogP contribution >= 0.6 is 0 Å². The molecule has 1 aromatic heterocycles. The Morgan fingerprint density at radius 3 is 3.10 bits per heavy atom. The maximum Gasteiger partial charge on any atom is 0.137 e. The highest BCUT2D eigenvalue weighted by atomic mass is 16.5. The van der Waals surface area contributed by atoms with E-state index in [9.17, 15) is 5.11 Å². The molecule has 5 heteroatoms. The molecule has 1 aliphatic rings. The zero-order valence-electron chi connectivity index (χ0n) is 12.3. The number of hydrogen-bond donors (Lipinski definition) is 1. The third-order valence-electron chi connectivity index (χ3n) is 3.46. The van der Waals surface area contributed by atoms with Crippen molar-refractivity contribution in [2.24, 2.45) is 0 Å². The number of rotatable bonds is 6. The van der Waals surface area contributed by atoms with E-state index in [0.717, 1.165) is 31.6 Å². The number of pyridine rings is 1. The maximum atomic E-state index is 10.5. The van der Waals surface area contributed by atoms with Crippen LogP contribution in [0.2, 0.25) is 0 Å². The van der Waals surface area contributed by atoms with Gasteiger partial charge in [-0.3, -0.25) is 9.88 Å². The smallest absolute Gasteiger partial charge is 0.137 e. The van der Waals surface area contributed by atoms with E-state index in [1.807, 2.05) is 13.0 Å². The van der Waals surface area contributed by atoms with E-state index in [4.69, 9.17) is 9.47 Å². The monoisotopic (exact) mass is 280 g/mol. The molecule has 2 heterocycles. The Bertz CT molecular complexity index is 412. The molecule has 20 heavy (non-hydrogen) atoms. The van der Waals surface area contributed by atoms with Crippen LogP contribution in [0.25, 0.3) is 0 Å². The number of nitrogens with zero attached hydrogens (tertiary/aromatic N) is 2. The van der Waals surface area contributed by atoms with Gasteiger partial charge in [-0.25, -0.2) is 0 Å². The van der Waals surface area contributed by atoms with Crippen molar-refractivity contribution < 1.29 is 14.6 Å². The van der Waals surface area contributed by atoms with Crippen molar-refractivity contribution in [2.45, 2.75) is 32.5 Å². The van der Waals surface area contributed by atoms with E-state index in [-0.39, 0.29) is 6.10 Å². The average molecular weight is 280 g/mol. The van der Waals surface area contributed by atoms with Gasteiger partial charge < -0.3 is 14.6 Å². The molecular formula is C15H24N2O3. The van der Waals surface area contributed by atoms with Crippen molar-refractivity contribution in [3.8, 4) is 5.75 Å². The molecule has 112 valence electrons. The van der Waals surface area contributed by atoms with Gasteiger partial charge >= 0.3 is 0 Å². The Labute approximate surface area is 120 Å². The summed E-state index contributed by atoms with van der Waals surface area (Å²) in [6.07, 6.45) is 3.58. The molecule has 1 aliphatic heterocycles. The van der Waals surface area contributed by atoms with Crippen LogP contribution in [0.15, 0.2) is 18.5 Å². The molecule has 0 bridgehead atoms. The Morgan fingerprint density at radius 2 is 2.35 bits per heavy atom. The van der Waals surface area contributed by atoms with Gasteiger partial charge in [0.05, 0.1) is 19.4 Å². The Balaban J connectivity index is 2.02. The van der Waals surface area contributed by atoms with E-state index in [2.05, 4.69) is 16.8 Å². The highest BCUT2D eigenvalue weighted by Crippen LogP contribution is 2.24. The minimum Gasteiger partial charge on any atom is -0.492 e. The summed E-state index contributed by atoms with van der Waals surface area (Å²) in [6, 6.07) is 1.84. The summed E-state index contributed by atoms with van der Waals surface area (Å²) in [4.78, 5) is 6.45. The van der Waals surface area contributed by atoms with E-state index >= 15 is 0 Å². The lowest BCUT2D eigenvalue weighted by molar-refractivity contribution is -0.0899. The topological polar surface area (TPSA) is 54.8 Å². The second kappa shape index (κ2) is 7.57. The fourth-order valence-corrected chi connectivity index (χ4v) is 2.50. The van der Waals surface area contributed by atoms with Gasteiger partial charge in [-0.05, 0) is 26.0 Å². The van der Waals surface area contributed by atoms with E-state index < -0.39 is 6.10 Å². The van der Waals surface area contributed by atoms with Crippen LogP contribution in [-0.2, 0) is 4.74 Å². The summed E-state index contributed by atoms with van der Waals surface area (Å²) in [5.74, 6) is 0.685. The van der Waals surface area contributed by atoms with Crippen LogP contribution in [0.4, 0.5) is 0 Å². The van der Waals surface area contributed by atoms with Crippen molar-refractivity contribution in [3.63, 3.8) is 0 Å². The fourth-order valence-electron chi connectivity index (χ4n) is 2.50. The Hall–Kier alpha value is -1.17. The quantitative estimate of drug-likeness (QED) is 0.858. The number of aromatic nitrogens is 1. The lowest BCUT2D eigenvalue weighted by atomic mass is 10.0. The van der Waals surface area contributed by atoms with Gasteiger partial charge in [-0.1, -0.05) is 6.92 Å². The van der Waals surface area contributed by atoms with Gasteiger partial charge in [0.2, 0.25) is 0 Å². The molecule has 0 amide bonds. The fraction of sp³-hybridized carbons (Fsp3) is 0.667. The van der Waals surface area contributed by atoms with Crippen LogP contribution in [-0.4, -0.2) is 53.9 Å². The third-order valence-corrected chi connectivity index (χ3v) is 3.46. The molecule has 5 nitrogen and oxygen atoms in total. The molecular weight excluding hydrogens is 256 g/mol. The lowest BCUT2D eigenvalue weighted by Gasteiger charge is -2.35. The first-order valence-electron chi connectivity index (χ1n) is 7.34. The standard InChI is InChI=1S/C15H24N2O3/c1-3-5-17-6-7-20-14(11-17)15(18)12-8-13(19-4-2)10-16-9-12/h8-10,14-15,18H,3-7,11H2,1-2H3. The van der Waals surface area contributed by atoms with E-state index in [1.54, 1.807) is 12.4 Å². The molecule has 1 fully saturated rings. The van der Waals surface area contributed by atoms with Gasteiger partial charge in [-0.15, -0.1) is 0 Å².